The number of carbonyl (C=O) groups excluding carboxylic acids is 1. The minimum absolute atomic E-state index is 0.144. The quantitative estimate of drug-likeness (QED) is 0.802. The minimum atomic E-state index is -2.84. The van der Waals surface area contributed by atoms with Crippen molar-refractivity contribution in [3.8, 4) is 0 Å². The molecule has 3 nitrogen and oxygen atoms in total. The maximum Gasteiger partial charge on any atom is 0.310 e. The highest BCUT2D eigenvalue weighted by Crippen LogP contribution is 2.30. The number of carbonyl (C=O) groups is 1. The Labute approximate surface area is 104 Å². The van der Waals surface area contributed by atoms with Crippen LogP contribution in [0.2, 0.25) is 0 Å². The molecular weight excluding hydrogens is 303 g/mol. The van der Waals surface area contributed by atoms with Gasteiger partial charge >= 0.3 is 5.97 Å². The summed E-state index contributed by atoms with van der Waals surface area (Å²) in [6.07, 6.45) is -2.59. The van der Waals surface area contributed by atoms with Crippen molar-refractivity contribution in [2.24, 2.45) is 0 Å². The maximum atomic E-state index is 13.3. The van der Waals surface area contributed by atoms with Gasteiger partial charge in [0.25, 0.3) is 6.43 Å². The van der Waals surface area contributed by atoms with Crippen LogP contribution in [0.1, 0.15) is 24.6 Å². The molecule has 0 aliphatic carbocycles. The van der Waals surface area contributed by atoms with E-state index in [0.29, 0.717) is 6.20 Å². The average molecular weight is 312 g/mol. The van der Waals surface area contributed by atoms with Crippen molar-refractivity contribution in [3.63, 3.8) is 0 Å². The van der Waals surface area contributed by atoms with E-state index in [1.165, 1.54) is 0 Å². The third kappa shape index (κ3) is 3.42. The zero-order valence-electron chi connectivity index (χ0n) is 8.84. The Hall–Kier alpha value is -1.11. The van der Waals surface area contributed by atoms with Crippen LogP contribution in [0.4, 0.5) is 13.2 Å². The van der Waals surface area contributed by atoms with Crippen LogP contribution in [0.5, 0.6) is 0 Å². The third-order valence-electron chi connectivity index (χ3n) is 1.93. The highest BCUT2D eigenvalue weighted by Gasteiger charge is 2.21. The van der Waals surface area contributed by atoms with Gasteiger partial charge in [0.05, 0.1) is 23.7 Å². The molecule has 0 N–H and O–H groups in total. The molecule has 1 rings (SSSR count). The zero-order chi connectivity index (χ0) is 13.0. The van der Waals surface area contributed by atoms with Crippen LogP contribution in [-0.2, 0) is 16.0 Å². The van der Waals surface area contributed by atoms with Gasteiger partial charge in [-0.1, -0.05) is 0 Å². The maximum absolute atomic E-state index is 13.3. The summed E-state index contributed by atoms with van der Waals surface area (Å²) < 4.78 is 42.8. The average Bonchev–Trinajstić information content (AvgIpc) is 2.24. The second-order valence-corrected chi connectivity index (χ2v) is 3.86. The number of halogens is 4. The molecule has 0 spiro atoms. The first-order chi connectivity index (χ1) is 7.97. The Kier molecular flexibility index (Phi) is 4.92. The van der Waals surface area contributed by atoms with E-state index in [9.17, 15) is 18.0 Å². The first-order valence-electron chi connectivity index (χ1n) is 4.73. The standard InChI is InChI=1S/C10H9BrF3NO2/c1-2-17-7(16)3-5-6(12)4-15-9(8(5)11)10(13)14/h4,10H,2-3H2,1H3. The number of nitrogens with zero attached hydrogens (tertiary/aromatic N) is 1. The number of hydrogen-bond acceptors (Lipinski definition) is 3. The lowest BCUT2D eigenvalue weighted by molar-refractivity contribution is -0.142. The smallest absolute Gasteiger partial charge is 0.310 e. The summed E-state index contributed by atoms with van der Waals surface area (Å²) in [5, 5.41) is 0. The van der Waals surface area contributed by atoms with Gasteiger partial charge in [0.2, 0.25) is 0 Å². The van der Waals surface area contributed by atoms with Crippen molar-refractivity contribution in [2.45, 2.75) is 19.8 Å². The molecule has 1 heterocycles. The molecule has 7 heteroatoms. The van der Waals surface area contributed by atoms with Crippen LogP contribution in [0.3, 0.4) is 0 Å². The first-order valence-corrected chi connectivity index (χ1v) is 5.53. The molecule has 17 heavy (non-hydrogen) atoms. The van der Waals surface area contributed by atoms with Crippen LogP contribution in [0.15, 0.2) is 10.7 Å². The lowest BCUT2D eigenvalue weighted by Gasteiger charge is -2.09. The fourth-order valence-electron chi connectivity index (χ4n) is 1.19. The molecule has 0 fully saturated rings. The predicted molar refractivity (Wildman–Crippen MR) is 57.2 cm³/mol. The van der Waals surface area contributed by atoms with E-state index in [2.05, 4.69) is 25.7 Å². The van der Waals surface area contributed by atoms with Gasteiger partial charge in [-0.2, -0.15) is 0 Å². The molecule has 0 unspecified atom stereocenters. The Bertz CT molecular complexity index is 426. The number of esters is 1. The molecule has 0 amide bonds. The molecule has 0 bridgehead atoms. The van der Waals surface area contributed by atoms with Crippen molar-refractivity contribution < 1.29 is 22.7 Å². The summed E-state index contributed by atoms with van der Waals surface area (Å²) in [6, 6.07) is 0. The fourth-order valence-corrected chi connectivity index (χ4v) is 1.80. The zero-order valence-corrected chi connectivity index (χ0v) is 10.4. The van der Waals surface area contributed by atoms with E-state index in [4.69, 9.17) is 0 Å². The summed E-state index contributed by atoms with van der Waals surface area (Å²) >= 11 is 2.82. The number of alkyl halides is 2. The molecule has 0 atom stereocenters. The first kappa shape index (κ1) is 14.0. The Balaban J connectivity index is 3.05. The molecule has 0 aliphatic heterocycles. The van der Waals surface area contributed by atoms with Gasteiger partial charge in [-0.05, 0) is 22.9 Å². The summed E-state index contributed by atoms with van der Waals surface area (Å²) in [5.74, 6) is -1.51. The Morgan fingerprint density at radius 1 is 1.59 bits per heavy atom. The fraction of sp³-hybridized carbons (Fsp3) is 0.400. The van der Waals surface area contributed by atoms with Gasteiger partial charge in [-0.25, -0.2) is 13.2 Å². The second-order valence-electron chi connectivity index (χ2n) is 3.07. The summed E-state index contributed by atoms with van der Waals surface area (Å²) in [5.41, 5.74) is -0.764. The van der Waals surface area contributed by atoms with Crippen molar-refractivity contribution >= 4 is 21.9 Å². The molecular formula is C10H9BrF3NO2. The summed E-state index contributed by atoms with van der Waals surface area (Å²) in [6.45, 7) is 1.74. The molecule has 0 aromatic carbocycles. The van der Waals surface area contributed by atoms with Crippen molar-refractivity contribution in [1.29, 1.82) is 0 Å². The van der Waals surface area contributed by atoms with Gasteiger partial charge in [0.15, 0.2) is 0 Å². The van der Waals surface area contributed by atoms with Crippen molar-refractivity contribution in [1.82, 2.24) is 4.98 Å². The van der Waals surface area contributed by atoms with E-state index in [1.54, 1.807) is 6.92 Å². The molecule has 0 saturated carbocycles. The normalized spacial score (nSPS) is 10.7. The number of ether oxygens (including phenoxy) is 1. The van der Waals surface area contributed by atoms with Gasteiger partial charge in [0.1, 0.15) is 11.5 Å². The van der Waals surface area contributed by atoms with Gasteiger partial charge in [-0.15, -0.1) is 0 Å². The van der Waals surface area contributed by atoms with Crippen molar-refractivity contribution in [2.75, 3.05) is 6.61 Å². The van der Waals surface area contributed by atoms with Crippen LogP contribution in [0.25, 0.3) is 0 Å². The van der Waals surface area contributed by atoms with Crippen LogP contribution < -0.4 is 0 Å². The van der Waals surface area contributed by atoms with Gasteiger partial charge in [-0.3, -0.25) is 9.78 Å². The molecule has 94 valence electrons. The molecule has 0 radical (unpaired) electrons. The lowest BCUT2D eigenvalue weighted by Crippen LogP contribution is -2.11. The molecule has 0 aliphatic rings. The summed E-state index contributed by atoms with van der Waals surface area (Å²) in [4.78, 5) is 14.4. The van der Waals surface area contributed by atoms with Gasteiger partial charge < -0.3 is 4.74 Å². The van der Waals surface area contributed by atoms with Gasteiger partial charge in [0, 0.05) is 5.56 Å². The molecule has 1 aromatic rings. The topological polar surface area (TPSA) is 39.2 Å². The molecule has 0 saturated heterocycles. The minimum Gasteiger partial charge on any atom is -0.466 e. The van der Waals surface area contributed by atoms with E-state index in [0.717, 1.165) is 0 Å². The number of hydrogen-bond donors (Lipinski definition) is 0. The molecule has 1 aromatic heterocycles. The predicted octanol–water partition coefficient (Wildman–Crippen LogP) is 3.03. The monoisotopic (exact) mass is 311 g/mol. The van der Waals surface area contributed by atoms with E-state index >= 15 is 0 Å². The van der Waals surface area contributed by atoms with E-state index < -0.39 is 30.3 Å². The van der Waals surface area contributed by atoms with Crippen molar-refractivity contribution in [3.05, 3.63) is 27.7 Å². The Morgan fingerprint density at radius 3 is 2.76 bits per heavy atom. The summed E-state index contributed by atoms with van der Waals surface area (Å²) in [7, 11) is 0. The van der Waals surface area contributed by atoms with E-state index in [-0.39, 0.29) is 16.6 Å². The van der Waals surface area contributed by atoms with Crippen LogP contribution in [-0.4, -0.2) is 17.6 Å². The second kappa shape index (κ2) is 6.00. The van der Waals surface area contributed by atoms with Crippen LogP contribution >= 0.6 is 15.9 Å². The highest BCUT2D eigenvalue weighted by atomic mass is 79.9. The SMILES string of the molecule is CCOC(=O)Cc1c(F)cnc(C(F)F)c1Br. The highest BCUT2D eigenvalue weighted by molar-refractivity contribution is 9.10. The third-order valence-corrected chi connectivity index (χ3v) is 2.81. The van der Waals surface area contributed by atoms with E-state index in [1.807, 2.05) is 0 Å². The number of aromatic nitrogens is 1. The lowest BCUT2D eigenvalue weighted by atomic mass is 10.1. The number of pyridine rings is 1. The number of rotatable bonds is 4. The largest absolute Gasteiger partial charge is 0.466 e. The Morgan fingerprint density at radius 2 is 2.24 bits per heavy atom. The van der Waals surface area contributed by atoms with Crippen LogP contribution in [0, 0.1) is 5.82 Å².